The Hall–Kier alpha value is -2.12. The van der Waals surface area contributed by atoms with Crippen molar-refractivity contribution in [2.45, 2.75) is 12.8 Å². The van der Waals surface area contributed by atoms with Gasteiger partial charge in [-0.15, -0.1) is 11.3 Å². The minimum absolute atomic E-state index is 0.284. The van der Waals surface area contributed by atoms with Gasteiger partial charge in [-0.25, -0.2) is 4.98 Å². The molecule has 29 heavy (non-hydrogen) atoms. The summed E-state index contributed by atoms with van der Waals surface area (Å²) in [6.07, 6.45) is 0.0276. The number of halogens is 3. The number of hydrogen-bond acceptors (Lipinski definition) is 4. The standard InChI is InChI=1S/C20H15Cl3N2O3S/c21-13-8-14(22)18(15(23)9-13)16-10-29-20(24-16)25-19(28)12(7-17(26)27)6-11-4-2-1-3-5-11/h1-5,8-10,12H,6-7H2,(H,26,27)(H,24,25,28)/t12-/m1/s1. The van der Waals surface area contributed by atoms with Crippen molar-refractivity contribution in [3.05, 3.63) is 68.5 Å². The number of carboxylic acids is 1. The number of nitrogens with one attached hydrogen (secondary N) is 1. The Morgan fingerprint density at radius 1 is 1.10 bits per heavy atom. The SMILES string of the molecule is O=C(O)C[C@@H](Cc1ccccc1)C(=O)Nc1nc(-c2c(Cl)cc(Cl)cc2Cl)cs1. The molecule has 9 heteroatoms. The second kappa shape index (κ2) is 9.59. The maximum absolute atomic E-state index is 12.7. The van der Waals surface area contributed by atoms with Crippen LogP contribution in [0.3, 0.4) is 0 Å². The summed E-state index contributed by atoms with van der Waals surface area (Å²) in [4.78, 5) is 28.3. The molecule has 150 valence electrons. The number of rotatable bonds is 7. The molecule has 0 aliphatic rings. The number of aliphatic carboxylic acids is 1. The Morgan fingerprint density at radius 2 is 1.76 bits per heavy atom. The molecule has 0 aliphatic heterocycles. The average molecular weight is 470 g/mol. The van der Waals surface area contributed by atoms with Crippen LogP contribution in [0.25, 0.3) is 11.3 Å². The maximum Gasteiger partial charge on any atom is 0.304 e. The van der Waals surface area contributed by atoms with Gasteiger partial charge < -0.3 is 10.4 Å². The summed E-state index contributed by atoms with van der Waals surface area (Å²) in [6, 6.07) is 12.4. The monoisotopic (exact) mass is 468 g/mol. The van der Waals surface area contributed by atoms with Gasteiger partial charge in [0.25, 0.3) is 0 Å². The number of anilines is 1. The summed E-state index contributed by atoms with van der Waals surface area (Å²) in [5.74, 6) is -2.18. The van der Waals surface area contributed by atoms with Gasteiger partial charge in [-0.05, 0) is 24.1 Å². The molecular formula is C20H15Cl3N2O3S. The van der Waals surface area contributed by atoms with E-state index in [0.29, 0.717) is 37.9 Å². The second-order valence-electron chi connectivity index (χ2n) is 6.26. The van der Waals surface area contributed by atoms with Crippen molar-refractivity contribution in [1.82, 2.24) is 4.98 Å². The first kappa shape index (κ1) is 21.6. The number of carboxylic acid groups (broad SMARTS) is 1. The van der Waals surface area contributed by atoms with E-state index >= 15 is 0 Å². The van der Waals surface area contributed by atoms with Gasteiger partial charge in [0.05, 0.1) is 28.1 Å². The molecule has 1 aromatic heterocycles. The van der Waals surface area contributed by atoms with Crippen molar-refractivity contribution in [1.29, 1.82) is 0 Å². The van der Waals surface area contributed by atoms with E-state index in [1.807, 2.05) is 30.3 Å². The molecule has 2 N–H and O–H groups in total. The van der Waals surface area contributed by atoms with E-state index in [2.05, 4.69) is 10.3 Å². The molecule has 0 radical (unpaired) electrons. The number of carbonyl (C=O) groups excluding carboxylic acids is 1. The molecule has 0 spiro atoms. The molecule has 0 saturated carbocycles. The van der Waals surface area contributed by atoms with Crippen molar-refractivity contribution in [2.75, 3.05) is 5.32 Å². The smallest absolute Gasteiger partial charge is 0.304 e. The molecule has 0 aliphatic carbocycles. The van der Waals surface area contributed by atoms with Crippen LogP contribution >= 0.6 is 46.1 Å². The van der Waals surface area contributed by atoms with Gasteiger partial charge >= 0.3 is 5.97 Å². The molecule has 1 atom stereocenters. The predicted molar refractivity (Wildman–Crippen MR) is 117 cm³/mol. The lowest BCUT2D eigenvalue weighted by molar-refractivity contribution is -0.140. The molecule has 1 amide bonds. The molecule has 0 fully saturated rings. The van der Waals surface area contributed by atoms with Crippen LogP contribution in [0.15, 0.2) is 47.8 Å². The first-order chi connectivity index (χ1) is 13.8. The Labute approximate surface area is 186 Å². The van der Waals surface area contributed by atoms with Crippen molar-refractivity contribution < 1.29 is 14.7 Å². The Kier molecular flexibility index (Phi) is 7.14. The van der Waals surface area contributed by atoms with E-state index in [1.54, 1.807) is 17.5 Å². The van der Waals surface area contributed by atoms with Crippen LogP contribution in [-0.4, -0.2) is 22.0 Å². The normalized spacial score (nSPS) is 11.8. The van der Waals surface area contributed by atoms with E-state index in [4.69, 9.17) is 34.8 Å². The van der Waals surface area contributed by atoms with E-state index < -0.39 is 17.8 Å². The molecule has 5 nitrogen and oxygen atoms in total. The fourth-order valence-electron chi connectivity index (χ4n) is 2.81. The molecule has 3 aromatic rings. The Balaban J connectivity index is 1.78. The number of amides is 1. The molecule has 0 bridgehead atoms. The molecule has 2 aromatic carbocycles. The minimum atomic E-state index is -1.04. The van der Waals surface area contributed by atoms with Gasteiger partial charge in [-0.3, -0.25) is 9.59 Å². The van der Waals surface area contributed by atoms with Gasteiger partial charge in [0, 0.05) is 16.0 Å². The quantitative estimate of drug-likeness (QED) is 0.442. The number of aromatic nitrogens is 1. The summed E-state index contributed by atoms with van der Waals surface area (Å²) >= 11 is 19.6. The minimum Gasteiger partial charge on any atom is -0.481 e. The van der Waals surface area contributed by atoms with Crippen LogP contribution < -0.4 is 5.32 Å². The highest BCUT2D eigenvalue weighted by molar-refractivity contribution is 7.14. The van der Waals surface area contributed by atoms with Gasteiger partial charge in [-0.1, -0.05) is 65.1 Å². The Morgan fingerprint density at radius 3 is 2.38 bits per heavy atom. The van der Waals surface area contributed by atoms with Crippen molar-refractivity contribution in [2.24, 2.45) is 5.92 Å². The average Bonchev–Trinajstić information content (AvgIpc) is 3.08. The predicted octanol–water partition coefficient (Wildman–Crippen LogP) is 6.04. The molecule has 1 heterocycles. The molecule has 3 rings (SSSR count). The van der Waals surface area contributed by atoms with Gasteiger partial charge in [0.1, 0.15) is 0 Å². The number of nitrogens with zero attached hydrogens (tertiary/aromatic N) is 1. The summed E-state index contributed by atoms with van der Waals surface area (Å²) in [7, 11) is 0. The van der Waals surface area contributed by atoms with Gasteiger partial charge in [0.15, 0.2) is 5.13 Å². The zero-order chi connectivity index (χ0) is 21.0. The van der Waals surface area contributed by atoms with E-state index in [1.165, 1.54) is 11.3 Å². The number of hydrogen-bond donors (Lipinski definition) is 2. The van der Waals surface area contributed by atoms with Crippen LogP contribution in [0.2, 0.25) is 15.1 Å². The fourth-order valence-corrected chi connectivity index (χ4v) is 4.52. The van der Waals surface area contributed by atoms with Crippen LogP contribution in [0.5, 0.6) is 0 Å². The lowest BCUT2D eigenvalue weighted by atomic mass is 9.95. The summed E-state index contributed by atoms with van der Waals surface area (Å²) in [5, 5.41) is 15.0. The first-order valence-electron chi connectivity index (χ1n) is 8.50. The number of benzene rings is 2. The third-order valence-electron chi connectivity index (χ3n) is 4.11. The van der Waals surface area contributed by atoms with Crippen LogP contribution in [-0.2, 0) is 16.0 Å². The van der Waals surface area contributed by atoms with Crippen LogP contribution in [0, 0.1) is 5.92 Å². The van der Waals surface area contributed by atoms with Crippen molar-refractivity contribution in [3.63, 3.8) is 0 Å². The van der Waals surface area contributed by atoms with Crippen LogP contribution in [0.4, 0.5) is 5.13 Å². The van der Waals surface area contributed by atoms with E-state index in [9.17, 15) is 14.7 Å². The van der Waals surface area contributed by atoms with Crippen molar-refractivity contribution >= 4 is 63.1 Å². The zero-order valence-corrected chi connectivity index (χ0v) is 17.9. The topological polar surface area (TPSA) is 79.3 Å². The first-order valence-corrected chi connectivity index (χ1v) is 10.5. The Bertz CT molecular complexity index is 1020. The lowest BCUT2D eigenvalue weighted by Crippen LogP contribution is -2.27. The highest BCUT2D eigenvalue weighted by atomic mass is 35.5. The highest BCUT2D eigenvalue weighted by Crippen LogP contribution is 2.38. The summed E-state index contributed by atoms with van der Waals surface area (Å²) < 4.78 is 0. The molecular weight excluding hydrogens is 455 g/mol. The number of carbonyl (C=O) groups is 2. The third-order valence-corrected chi connectivity index (χ3v) is 5.69. The zero-order valence-electron chi connectivity index (χ0n) is 14.9. The van der Waals surface area contributed by atoms with Gasteiger partial charge in [-0.2, -0.15) is 0 Å². The lowest BCUT2D eigenvalue weighted by Gasteiger charge is -2.14. The molecule has 0 saturated heterocycles. The molecule has 0 unspecified atom stereocenters. The van der Waals surface area contributed by atoms with Gasteiger partial charge in [0.2, 0.25) is 5.91 Å². The van der Waals surface area contributed by atoms with Crippen molar-refractivity contribution in [3.8, 4) is 11.3 Å². The van der Waals surface area contributed by atoms with Crippen LogP contribution in [0.1, 0.15) is 12.0 Å². The summed E-state index contributed by atoms with van der Waals surface area (Å²) in [6.45, 7) is 0. The third kappa shape index (κ3) is 5.70. The largest absolute Gasteiger partial charge is 0.481 e. The number of thiazole rings is 1. The highest BCUT2D eigenvalue weighted by Gasteiger charge is 2.23. The van der Waals surface area contributed by atoms with E-state index in [0.717, 1.165) is 5.56 Å². The fraction of sp³-hybridized carbons (Fsp3) is 0.150. The second-order valence-corrected chi connectivity index (χ2v) is 8.37. The van der Waals surface area contributed by atoms with E-state index in [-0.39, 0.29) is 6.42 Å². The maximum atomic E-state index is 12.7. The summed E-state index contributed by atoms with van der Waals surface area (Å²) in [5.41, 5.74) is 1.89.